The van der Waals surface area contributed by atoms with Crippen LogP contribution in [0.4, 0.5) is 0 Å². The molecule has 0 heterocycles. The van der Waals surface area contributed by atoms with Gasteiger partial charge in [0.15, 0.2) is 0 Å². The van der Waals surface area contributed by atoms with Crippen LogP contribution in [0.15, 0.2) is 42.5 Å². The Kier molecular flexibility index (Phi) is 2.05. The zero-order valence-corrected chi connectivity index (χ0v) is 8.27. The summed E-state index contributed by atoms with van der Waals surface area (Å²) in [5.41, 5.74) is 0. The molecule has 2 heteroatoms. The minimum atomic E-state index is -0.885. The molecule has 0 saturated carbocycles. The number of rotatable bonds is 1. The molecule has 2 rings (SSSR count). The first-order valence-electron chi connectivity index (χ1n) is 3.72. The normalized spacial score (nSPS) is 10.7. The zero-order valence-electron chi connectivity index (χ0n) is 6.40. The fraction of sp³-hybridized carbons (Fsp3) is 0. The van der Waals surface area contributed by atoms with E-state index in [9.17, 15) is 3.74 Å². The maximum absolute atomic E-state index is 10.7. The topological polar surface area (TPSA) is 17.1 Å². The van der Waals surface area contributed by atoms with Gasteiger partial charge < -0.3 is 0 Å². The van der Waals surface area contributed by atoms with Crippen LogP contribution in [0, 0.1) is 0 Å². The van der Waals surface area contributed by atoms with E-state index in [2.05, 4.69) is 6.07 Å². The molecule has 0 aromatic heterocycles. The van der Waals surface area contributed by atoms with Gasteiger partial charge in [-0.05, 0) is 0 Å². The summed E-state index contributed by atoms with van der Waals surface area (Å²) in [4.78, 5) is 0. The molecular formula is C10H7AsO. The first-order valence-corrected chi connectivity index (χ1v) is 5.43. The standard InChI is InChI=1S/C10H7AsO/c12-11-10-6-5-8-3-1-2-4-9(8)7-10/h1-7H. The third-order valence-electron chi connectivity index (χ3n) is 1.84. The second kappa shape index (κ2) is 3.20. The Labute approximate surface area is 77.3 Å². The SMILES string of the molecule is O=[As]c1ccc2ccccc2c1. The van der Waals surface area contributed by atoms with Gasteiger partial charge in [-0.3, -0.25) is 0 Å². The third kappa shape index (κ3) is 1.33. The van der Waals surface area contributed by atoms with Gasteiger partial charge in [0.05, 0.1) is 0 Å². The molecule has 0 radical (unpaired) electrons. The van der Waals surface area contributed by atoms with E-state index < -0.39 is 15.7 Å². The van der Waals surface area contributed by atoms with Crippen LogP contribution in [0.5, 0.6) is 0 Å². The molecule has 0 aliphatic rings. The van der Waals surface area contributed by atoms with Crippen molar-refractivity contribution in [3.63, 3.8) is 0 Å². The van der Waals surface area contributed by atoms with Crippen LogP contribution >= 0.6 is 0 Å². The molecule has 2 aromatic rings. The van der Waals surface area contributed by atoms with E-state index in [-0.39, 0.29) is 0 Å². The van der Waals surface area contributed by atoms with Crippen molar-refractivity contribution in [1.82, 2.24) is 0 Å². The maximum atomic E-state index is 10.7. The number of hydrogen-bond acceptors (Lipinski definition) is 1. The number of benzene rings is 2. The Morgan fingerprint density at radius 2 is 1.67 bits per heavy atom. The Morgan fingerprint density at radius 3 is 2.42 bits per heavy atom. The second-order valence-corrected chi connectivity index (χ2v) is 4.09. The molecule has 1 nitrogen and oxygen atoms in total. The molecule has 0 fully saturated rings. The molecule has 0 saturated heterocycles. The van der Waals surface area contributed by atoms with Crippen molar-refractivity contribution in [3.8, 4) is 0 Å². The molecule has 58 valence electrons. The van der Waals surface area contributed by atoms with Gasteiger partial charge in [0.25, 0.3) is 0 Å². The van der Waals surface area contributed by atoms with Crippen LogP contribution < -0.4 is 4.35 Å². The Morgan fingerprint density at radius 1 is 0.917 bits per heavy atom. The van der Waals surface area contributed by atoms with Crippen molar-refractivity contribution >= 4 is 30.8 Å². The molecule has 0 bridgehead atoms. The van der Waals surface area contributed by atoms with Gasteiger partial charge in [-0.25, -0.2) is 0 Å². The van der Waals surface area contributed by atoms with E-state index in [1.54, 1.807) is 0 Å². The van der Waals surface area contributed by atoms with Gasteiger partial charge in [-0.2, -0.15) is 0 Å². The van der Waals surface area contributed by atoms with Gasteiger partial charge in [0.1, 0.15) is 0 Å². The molecule has 0 amide bonds. The van der Waals surface area contributed by atoms with Crippen molar-refractivity contribution in [2.45, 2.75) is 0 Å². The summed E-state index contributed by atoms with van der Waals surface area (Å²) in [6, 6.07) is 14.0. The summed E-state index contributed by atoms with van der Waals surface area (Å²) < 4.78 is 11.6. The monoisotopic (exact) mass is 218 g/mol. The minimum absolute atomic E-state index is 0.885. The van der Waals surface area contributed by atoms with Crippen LogP contribution in [0.1, 0.15) is 0 Å². The first kappa shape index (κ1) is 7.69. The zero-order chi connectivity index (χ0) is 8.39. The summed E-state index contributed by atoms with van der Waals surface area (Å²) in [5, 5.41) is 2.37. The molecule has 0 spiro atoms. The third-order valence-corrected chi connectivity index (χ3v) is 2.86. The average molecular weight is 218 g/mol. The Bertz CT molecular complexity index is 423. The second-order valence-electron chi connectivity index (χ2n) is 2.62. The van der Waals surface area contributed by atoms with E-state index in [0.29, 0.717) is 0 Å². The van der Waals surface area contributed by atoms with Crippen LogP contribution in [-0.2, 0) is 3.74 Å². The average Bonchev–Trinajstić information content (AvgIpc) is 2.17. The summed E-state index contributed by atoms with van der Waals surface area (Å²) in [6.45, 7) is 0. The molecule has 0 aliphatic heterocycles. The molecule has 0 N–H and O–H groups in total. The van der Waals surface area contributed by atoms with Crippen LogP contribution in [0.3, 0.4) is 0 Å². The van der Waals surface area contributed by atoms with Crippen molar-refractivity contribution in [1.29, 1.82) is 0 Å². The van der Waals surface area contributed by atoms with Crippen LogP contribution in [0.2, 0.25) is 0 Å². The van der Waals surface area contributed by atoms with Crippen molar-refractivity contribution < 1.29 is 3.74 Å². The molecule has 0 aliphatic carbocycles. The van der Waals surface area contributed by atoms with E-state index in [4.69, 9.17) is 0 Å². The first-order chi connectivity index (χ1) is 5.90. The van der Waals surface area contributed by atoms with Crippen LogP contribution in [-0.4, -0.2) is 15.7 Å². The summed E-state index contributed by atoms with van der Waals surface area (Å²) in [5.74, 6) is 0. The van der Waals surface area contributed by atoms with Gasteiger partial charge in [0, 0.05) is 0 Å². The summed E-state index contributed by atoms with van der Waals surface area (Å²) in [6.07, 6.45) is 0. The molecular weight excluding hydrogens is 211 g/mol. The van der Waals surface area contributed by atoms with Gasteiger partial charge in [-0.15, -0.1) is 0 Å². The number of hydrogen-bond donors (Lipinski definition) is 0. The van der Waals surface area contributed by atoms with E-state index in [1.165, 1.54) is 10.8 Å². The fourth-order valence-electron chi connectivity index (χ4n) is 1.23. The predicted octanol–water partition coefficient (Wildman–Crippen LogP) is 1.51. The number of fused-ring (bicyclic) bond motifs is 1. The molecule has 12 heavy (non-hydrogen) atoms. The quantitative estimate of drug-likeness (QED) is 0.663. The summed E-state index contributed by atoms with van der Waals surface area (Å²) >= 11 is -0.885. The molecule has 0 unspecified atom stereocenters. The van der Waals surface area contributed by atoms with E-state index >= 15 is 0 Å². The van der Waals surface area contributed by atoms with Gasteiger partial charge >= 0.3 is 77.0 Å². The van der Waals surface area contributed by atoms with Crippen LogP contribution in [0.25, 0.3) is 10.8 Å². The fourth-order valence-corrected chi connectivity index (χ4v) is 1.92. The summed E-state index contributed by atoms with van der Waals surface area (Å²) in [7, 11) is 0. The van der Waals surface area contributed by atoms with Gasteiger partial charge in [0.2, 0.25) is 0 Å². The van der Waals surface area contributed by atoms with E-state index in [0.717, 1.165) is 4.35 Å². The Hall–Kier alpha value is -0.942. The molecule has 2 aromatic carbocycles. The molecule has 0 atom stereocenters. The van der Waals surface area contributed by atoms with Crippen molar-refractivity contribution in [2.24, 2.45) is 0 Å². The van der Waals surface area contributed by atoms with Gasteiger partial charge in [-0.1, -0.05) is 0 Å². The van der Waals surface area contributed by atoms with E-state index in [1.807, 2.05) is 36.4 Å². The van der Waals surface area contributed by atoms with Crippen molar-refractivity contribution in [3.05, 3.63) is 42.5 Å². The van der Waals surface area contributed by atoms with Crippen molar-refractivity contribution in [2.75, 3.05) is 0 Å². The predicted molar refractivity (Wildman–Crippen MR) is 50.0 cm³/mol. The Balaban J connectivity index is 2.75.